The second-order valence-corrected chi connectivity index (χ2v) is 12.3. The molecule has 0 aromatic heterocycles. The quantitative estimate of drug-likeness (QED) is 0.129. The van der Waals surface area contributed by atoms with Crippen LogP contribution in [-0.4, -0.2) is 70.9 Å². The maximum atomic E-state index is 13.0. The van der Waals surface area contributed by atoms with Crippen LogP contribution in [0.2, 0.25) is 0 Å². The first-order chi connectivity index (χ1) is 26.0. The highest BCUT2D eigenvalue weighted by Crippen LogP contribution is 2.25. The van der Waals surface area contributed by atoms with Crippen molar-refractivity contribution >= 4 is 47.4 Å². The Bertz CT molecular complexity index is 2240. The molecule has 3 heterocycles. The first-order valence-electron chi connectivity index (χ1n) is 17.2. The maximum Gasteiger partial charge on any atom is 0.343 e. The molecule has 4 aromatic carbocycles. The van der Waals surface area contributed by atoms with Crippen LogP contribution >= 0.6 is 0 Å². The highest BCUT2D eigenvalue weighted by Gasteiger charge is 2.36. The molecule has 2 unspecified atom stereocenters. The van der Waals surface area contributed by atoms with Gasteiger partial charge in [0.1, 0.15) is 23.6 Å². The lowest BCUT2D eigenvalue weighted by Crippen LogP contribution is -2.62. The molecule has 0 radical (unpaired) electrons. The van der Waals surface area contributed by atoms with Crippen molar-refractivity contribution in [3.05, 3.63) is 129 Å². The summed E-state index contributed by atoms with van der Waals surface area (Å²) in [7, 11) is 0. The van der Waals surface area contributed by atoms with Gasteiger partial charge in [0.25, 0.3) is 23.6 Å². The van der Waals surface area contributed by atoms with E-state index < -0.39 is 47.7 Å². The lowest BCUT2D eigenvalue weighted by molar-refractivity contribution is -0.136. The summed E-state index contributed by atoms with van der Waals surface area (Å²) in [5.41, 5.74) is 2.26. The Labute approximate surface area is 311 Å². The van der Waals surface area contributed by atoms with Crippen molar-refractivity contribution < 1.29 is 50.7 Å². The van der Waals surface area contributed by atoms with Gasteiger partial charge in [-0.25, -0.2) is 9.59 Å². The van der Waals surface area contributed by atoms with Gasteiger partial charge in [0.2, 0.25) is 11.8 Å². The summed E-state index contributed by atoms with van der Waals surface area (Å²) in [6, 6.07) is 19.4. The highest BCUT2D eigenvalue weighted by atomic mass is 16.5. The third kappa shape index (κ3) is 7.35. The molecule has 3 aliphatic rings. The molecule has 7 rings (SSSR count). The number of nitrogens with one attached hydrogen (secondary N) is 3. The molecule has 1 fully saturated rings. The summed E-state index contributed by atoms with van der Waals surface area (Å²) >= 11 is 0. The zero-order chi connectivity index (χ0) is 38.7. The van der Waals surface area contributed by atoms with Crippen LogP contribution in [0.3, 0.4) is 0 Å². The van der Waals surface area contributed by atoms with Crippen molar-refractivity contribution in [1.82, 2.24) is 20.9 Å². The van der Waals surface area contributed by atoms with Crippen molar-refractivity contribution in [3.8, 4) is 11.5 Å². The van der Waals surface area contributed by atoms with Gasteiger partial charge in [-0.05, 0) is 78.7 Å². The Morgan fingerprint density at radius 3 is 1.50 bits per heavy atom. The summed E-state index contributed by atoms with van der Waals surface area (Å²) in [5, 5.41) is 7.68. The van der Waals surface area contributed by atoms with Crippen LogP contribution in [0, 0.1) is 0 Å². The number of amides is 6. The number of hydrogen-bond donors (Lipinski definition) is 3. The minimum Gasteiger partial charge on any atom is -0.423 e. The number of hydrogen-bond acceptors (Lipinski definition) is 10. The van der Waals surface area contributed by atoms with Crippen LogP contribution in [0.15, 0.2) is 84.9 Å². The van der Waals surface area contributed by atoms with E-state index >= 15 is 0 Å². The molecule has 0 aliphatic carbocycles. The van der Waals surface area contributed by atoms with E-state index in [4.69, 9.17) is 9.47 Å². The zero-order valence-corrected chi connectivity index (χ0v) is 29.4. The molecule has 3 N–H and O–H groups in total. The van der Waals surface area contributed by atoms with E-state index in [1.54, 1.807) is 43.3 Å². The standard InChI is InChI=1S/C38H28N4O10.C2H6.2H2/c1-2-42-35(47)26-14-8-22(18-28(26)36(42)48)38(50)52-24-11-5-20(6-12-24)16-30-34(46)39-29(33(45)40-30)15-19-3-9-23(10-4-19)51-37(49)21-7-13-25-27(17-21)32(44)41-31(25)43;1-2;;/h3-14,17-18,29-30H,2,15-16H2,1H3,(H,39,46)(H,40,45)(H,41,43,44);1-2H3;2*1H. The molecule has 14 nitrogen and oxygen atoms in total. The molecular weight excluding hydrogens is 696 g/mol. The van der Waals surface area contributed by atoms with Gasteiger partial charge < -0.3 is 20.1 Å². The number of ether oxygens (including phenoxy) is 2. The molecule has 4 aromatic rings. The Balaban J connectivity index is 0.00000171. The first-order valence-corrected chi connectivity index (χ1v) is 17.2. The summed E-state index contributed by atoms with van der Waals surface area (Å²) in [4.78, 5) is 101. The average Bonchev–Trinajstić information content (AvgIpc) is 3.60. The molecule has 0 bridgehead atoms. The second-order valence-electron chi connectivity index (χ2n) is 12.3. The van der Waals surface area contributed by atoms with E-state index in [2.05, 4.69) is 16.0 Å². The fraction of sp³-hybridized carbons (Fsp3) is 0.200. The molecule has 1 saturated heterocycles. The van der Waals surface area contributed by atoms with Crippen LogP contribution in [0.1, 0.15) is 96.9 Å². The second kappa shape index (κ2) is 15.3. The minimum atomic E-state index is -0.836. The van der Waals surface area contributed by atoms with Gasteiger partial charge in [-0.15, -0.1) is 0 Å². The van der Waals surface area contributed by atoms with E-state index in [1.165, 1.54) is 48.5 Å². The van der Waals surface area contributed by atoms with E-state index in [-0.39, 0.29) is 78.9 Å². The lowest BCUT2D eigenvalue weighted by atomic mass is 9.98. The van der Waals surface area contributed by atoms with Gasteiger partial charge in [0.05, 0.1) is 33.4 Å². The Hall–Kier alpha value is -6.96. The molecule has 3 aliphatic heterocycles. The highest BCUT2D eigenvalue weighted by molar-refractivity contribution is 6.22. The number of fused-ring (bicyclic) bond motifs is 2. The normalized spacial score (nSPS) is 17.1. The predicted molar refractivity (Wildman–Crippen MR) is 195 cm³/mol. The minimum absolute atomic E-state index is 0. The summed E-state index contributed by atoms with van der Waals surface area (Å²) in [5.74, 6) is -3.72. The predicted octanol–water partition coefficient (Wildman–Crippen LogP) is 3.91. The number of nitrogens with zero attached hydrogens (tertiary/aromatic N) is 1. The molecule has 0 saturated carbocycles. The third-order valence-electron chi connectivity index (χ3n) is 8.91. The number of benzene rings is 4. The van der Waals surface area contributed by atoms with Crippen LogP contribution in [0.5, 0.6) is 11.5 Å². The summed E-state index contributed by atoms with van der Waals surface area (Å²) in [6.07, 6.45) is 0.358. The van der Waals surface area contributed by atoms with Gasteiger partial charge >= 0.3 is 11.9 Å². The van der Waals surface area contributed by atoms with Gasteiger partial charge in [0.15, 0.2) is 0 Å². The molecule has 2 atom stereocenters. The van der Waals surface area contributed by atoms with E-state index in [9.17, 15) is 38.4 Å². The number of carbonyl (C=O) groups is 8. The number of esters is 2. The number of piperazine rings is 1. The first kappa shape index (κ1) is 36.8. The number of imide groups is 2. The summed E-state index contributed by atoms with van der Waals surface area (Å²) < 4.78 is 10.8. The van der Waals surface area contributed by atoms with E-state index in [0.29, 0.717) is 11.1 Å². The third-order valence-corrected chi connectivity index (χ3v) is 8.91. The van der Waals surface area contributed by atoms with Gasteiger partial charge in [-0.1, -0.05) is 38.1 Å². The van der Waals surface area contributed by atoms with E-state index in [0.717, 1.165) is 4.90 Å². The van der Waals surface area contributed by atoms with Crippen LogP contribution in [0.25, 0.3) is 0 Å². The van der Waals surface area contributed by atoms with Crippen molar-refractivity contribution in [1.29, 1.82) is 0 Å². The van der Waals surface area contributed by atoms with Crippen molar-refractivity contribution in [3.63, 3.8) is 0 Å². The van der Waals surface area contributed by atoms with E-state index in [1.807, 2.05) is 13.8 Å². The van der Waals surface area contributed by atoms with Crippen LogP contribution in [-0.2, 0) is 22.4 Å². The molecule has 54 heavy (non-hydrogen) atoms. The van der Waals surface area contributed by atoms with Gasteiger partial charge in [0, 0.05) is 22.2 Å². The van der Waals surface area contributed by atoms with Crippen molar-refractivity contribution in [2.45, 2.75) is 45.7 Å². The van der Waals surface area contributed by atoms with Gasteiger partial charge in [-0.3, -0.25) is 39.0 Å². The Morgan fingerprint density at radius 2 is 1.02 bits per heavy atom. The van der Waals surface area contributed by atoms with Crippen LogP contribution in [0.4, 0.5) is 0 Å². The molecular formula is C40H38N4O10. The number of carbonyl (C=O) groups excluding carboxylic acids is 8. The summed E-state index contributed by atoms with van der Waals surface area (Å²) in [6.45, 7) is 5.91. The van der Waals surface area contributed by atoms with Gasteiger partial charge in [-0.2, -0.15) is 0 Å². The molecule has 278 valence electrons. The average molecular weight is 735 g/mol. The van der Waals surface area contributed by atoms with Crippen LogP contribution < -0.4 is 25.4 Å². The van der Waals surface area contributed by atoms with Crippen molar-refractivity contribution in [2.75, 3.05) is 6.54 Å². The molecule has 0 spiro atoms. The monoisotopic (exact) mass is 734 g/mol. The fourth-order valence-electron chi connectivity index (χ4n) is 6.15. The molecule has 6 amide bonds. The Morgan fingerprint density at radius 1 is 0.593 bits per heavy atom. The smallest absolute Gasteiger partial charge is 0.343 e. The maximum absolute atomic E-state index is 13.0. The zero-order valence-electron chi connectivity index (χ0n) is 29.4. The lowest BCUT2D eigenvalue weighted by Gasteiger charge is -2.29. The number of rotatable bonds is 9. The Kier molecular flexibility index (Phi) is 10.5. The topological polar surface area (TPSA) is 194 Å². The molecule has 14 heteroatoms. The SMILES string of the molecule is CC.CCN1C(=O)c2ccc(C(=O)Oc3ccc(CC4NC(=O)C(Cc5ccc(OC(=O)c6ccc7c(c6)C(=O)NC7=O)cc5)NC4=O)cc3)cc2C1=O.[HH].[HH]. The largest absolute Gasteiger partial charge is 0.423 e. The van der Waals surface area contributed by atoms with Crippen molar-refractivity contribution in [2.24, 2.45) is 0 Å². The fourth-order valence-corrected chi connectivity index (χ4v) is 6.15.